The molecule has 3 nitrogen and oxygen atoms in total. The molecule has 0 atom stereocenters. The molecule has 1 heterocycles. The summed E-state index contributed by atoms with van der Waals surface area (Å²) in [6.07, 6.45) is 4.01. The molecule has 0 bridgehead atoms. The van der Waals surface area contributed by atoms with Crippen LogP contribution in [0.1, 0.15) is 31.9 Å². The zero-order valence-electron chi connectivity index (χ0n) is 8.29. The first-order valence-electron chi connectivity index (χ1n) is 4.74. The molecule has 1 aromatic heterocycles. The maximum absolute atomic E-state index is 11.0. The summed E-state index contributed by atoms with van der Waals surface area (Å²) in [7, 11) is 0. The molecular weight excluding hydrogens is 164 g/mol. The minimum absolute atomic E-state index is 0.338. The topological polar surface area (TPSA) is 34.9 Å². The Morgan fingerprint density at radius 3 is 2.92 bits per heavy atom. The number of Topliss-reactive ketones (excluding diaryl/α,β-unsaturated/α-hetero) is 1. The molecule has 72 valence electrons. The lowest BCUT2D eigenvalue weighted by Gasteiger charge is -2.02. The van der Waals surface area contributed by atoms with Crippen molar-refractivity contribution < 1.29 is 4.79 Å². The highest BCUT2D eigenvalue weighted by Gasteiger charge is 2.00. The molecule has 0 fully saturated rings. The van der Waals surface area contributed by atoms with E-state index in [1.165, 1.54) is 0 Å². The Morgan fingerprint density at radius 1 is 1.62 bits per heavy atom. The van der Waals surface area contributed by atoms with Gasteiger partial charge in [-0.3, -0.25) is 9.48 Å². The third-order valence-electron chi connectivity index (χ3n) is 2.15. The van der Waals surface area contributed by atoms with Gasteiger partial charge in [-0.1, -0.05) is 6.92 Å². The number of hydrogen-bond donors (Lipinski definition) is 0. The monoisotopic (exact) mass is 180 g/mol. The van der Waals surface area contributed by atoms with E-state index in [9.17, 15) is 4.79 Å². The normalized spacial score (nSPS) is 10.3. The summed E-state index contributed by atoms with van der Waals surface area (Å²) in [5.74, 6) is 0.338. The van der Waals surface area contributed by atoms with Crippen molar-refractivity contribution in [2.75, 3.05) is 0 Å². The summed E-state index contributed by atoms with van der Waals surface area (Å²) in [6.45, 7) is 4.78. The van der Waals surface area contributed by atoms with Gasteiger partial charge in [0.05, 0.1) is 0 Å². The van der Waals surface area contributed by atoms with Crippen LogP contribution in [0.5, 0.6) is 0 Å². The van der Waals surface area contributed by atoms with Gasteiger partial charge in [0.2, 0.25) is 0 Å². The largest absolute Gasteiger partial charge is 0.300 e. The minimum atomic E-state index is 0.338. The second-order valence-electron chi connectivity index (χ2n) is 3.19. The number of carbonyl (C=O) groups is 1. The Kier molecular flexibility index (Phi) is 3.68. The molecule has 1 aromatic rings. The lowest BCUT2D eigenvalue weighted by Crippen LogP contribution is -2.04. The summed E-state index contributed by atoms with van der Waals surface area (Å²) in [4.78, 5) is 11.0. The molecule has 0 saturated heterocycles. The minimum Gasteiger partial charge on any atom is -0.300 e. The molecule has 0 spiro atoms. The fraction of sp³-hybridized carbons (Fsp3) is 0.600. The number of nitrogens with zero attached hydrogens (tertiary/aromatic N) is 2. The molecule has 3 heteroatoms. The van der Waals surface area contributed by atoms with Gasteiger partial charge in [0.25, 0.3) is 0 Å². The van der Waals surface area contributed by atoms with Crippen molar-refractivity contribution in [3.63, 3.8) is 0 Å². The van der Waals surface area contributed by atoms with Gasteiger partial charge in [0.1, 0.15) is 5.78 Å². The maximum atomic E-state index is 11.0. The van der Waals surface area contributed by atoms with Crippen LogP contribution < -0.4 is 0 Å². The predicted octanol–water partition coefficient (Wildman–Crippen LogP) is 1.95. The molecule has 0 amide bonds. The first kappa shape index (κ1) is 9.96. The molecule has 0 radical (unpaired) electrons. The van der Waals surface area contributed by atoms with Crippen molar-refractivity contribution in [3.05, 3.63) is 18.0 Å². The van der Waals surface area contributed by atoms with Gasteiger partial charge in [-0.05, 0) is 19.4 Å². The molecule has 0 saturated carbocycles. The fourth-order valence-electron chi connectivity index (χ4n) is 1.24. The van der Waals surface area contributed by atoms with Crippen molar-refractivity contribution in [2.45, 2.75) is 39.7 Å². The number of aryl methyl sites for hydroxylation is 2. The summed E-state index contributed by atoms with van der Waals surface area (Å²) in [5.41, 5.74) is 1.16. The Balaban J connectivity index is 2.28. The van der Waals surface area contributed by atoms with Crippen LogP contribution in [0.3, 0.4) is 0 Å². The molecule has 1 rings (SSSR count). The number of carbonyl (C=O) groups excluding carboxylic acids is 1. The Labute approximate surface area is 78.8 Å². The average Bonchev–Trinajstić information content (AvgIpc) is 2.52. The molecule has 0 aliphatic rings. The van der Waals surface area contributed by atoms with Crippen LogP contribution in [0.4, 0.5) is 0 Å². The van der Waals surface area contributed by atoms with Crippen molar-refractivity contribution in [1.82, 2.24) is 9.78 Å². The van der Waals surface area contributed by atoms with Gasteiger partial charge < -0.3 is 0 Å². The molecule has 0 unspecified atom stereocenters. The van der Waals surface area contributed by atoms with E-state index >= 15 is 0 Å². The van der Waals surface area contributed by atoms with Crippen LogP contribution >= 0.6 is 0 Å². The van der Waals surface area contributed by atoms with E-state index in [2.05, 4.69) is 5.10 Å². The Hall–Kier alpha value is -1.12. The molecule has 0 aromatic carbocycles. The standard InChI is InChI=1S/C10H16N2O/c1-3-10(13)5-4-8-12-9(2)6-7-11-12/h6-7H,3-5,8H2,1-2H3. The highest BCUT2D eigenvalue weighted by atomic mass is 16.1. The summed E-state index contributed by atoms with van der Waals surface area (Å²) in [6, 6.07) is 1.97. The number of rotatable bonds is 5. The molecule has 13 heavy (non-hydrogen) atoms. The maximum Gasteiger partial charge on any atom is 0.132 e. The molecule has 0 N–H and O–H groups in total. The lowest BCUT2D eigenvalue weighted by molar-refractivity contribution is -0.118. The lowest BCUT2D eigenvalue weighted by atomic mass is 10.2. The van der Waals surface area contributed by atoms with Crippen molar-refractivity contribution in [3.8, 4) is 0 Å². The highest BCUT2D eigenvalue weighted by molar-refractivity contribution is 5.77. The van der Waals surface area contributed by atoms with Crippen LogP contribution in [0.15, 0.2) is 12.3 Å². The van der Waals surface area contributed by atoms with Crippen LogP contribution in [0.25, 0.3) is 0 Å². The average molecular weight is 180 g/mol. The predicted molar refractivity (Wildman–Crippen MR) is 51.5 cm³/mol. The summed E-state index contributed by atoms with van der Waals surface area (Å²) < 4.78 is 1.93. The molecular formula is C10H16N2O. The van der Waals surface area contributed by atoms with Crippen molar-refractivity contribution in [2.24, 2.45) is 0 Å². The van der Waals surface area contributed by atoms with Gasteiger partial charge in [0, 0.05) is 31.3 Å². The second-order valence-corrected chi connectivity index (χ2v) is 3.19. The first-order valence-corrected chi connectivity index (χ1v) is 4.74. The van der Waals surface area contributed by atoms with Crippen LogP contribution in [0.2, 0.25) is 0 Å². The molecule has 0 aliphatic heterocycles. The SMILES string of the molecule is CCC(=O)CCCn1nccc1C. The summed E-state index contributed by atoms with van der Waals surface area (Å²) >= 11 is 0. The van der Waals surface area contributed by atoms with E-state index in [1.54, 1.807) is 6.20 Å². The summed E-state index contributed by atoms with van der Waals surface area (Å²) in [5, 5.41) is 4.14. The quantitative estimate of drug-likeness (QED) is 0.694. The number of ketones is 1. The third-order valence-corrected chi connectivity index (χ3v) is 2.15. The van der Waals surface area contributed by atoms with Gasteiger partial charge in [-0.2, -0.15) is 5.10 Å². The Bertz CT molecular complexity index is 278. The third kappa shape index (κ3) is 3.01. The van der Waals surface area contributed by atoms with E-state index in [0.29, 0.717) is 18.6 Å². The van der Waals surface area contributed by atoms with E-state index in [0.717, 1.165) is 18.7 Å². The van der Waals surface area contributed by atoms with E-state index < -0.39 is 0 Å². The van der Waals surface area contributed by atoms with Crippen LogP contribution in [0, 0.1) is 6.92 Å². The van der Waals surface area contributed by atoms with Crippen LogP contribution in [-0.2, 0) is 11.3 Å². The first-order chi connectivity index (χ1) is 6.24. The van der Waals surface area contributed by atoms with Crippen molar-refractivity contribution >= 4 is 5.78 Å². The van der Waals surface area contributed by atoms with Gasteiger partial charge in [-0.25, -0.2) is 0 Å². The fourth-order valence-corrected chi connectivity index (χ4v) is 1.24. The highest BCUT2D eigenvalue weighted by Crippen LogP contribution is 2.01. The van der Waals surface area contributed by atoms with E-state index in [-0.39, 0.29) is 0 Å². The van der Waals surface area contributed by atoms with E-state index in [4.69, 9.17) is 0 Å². The van der Waals surface area contributed by atoms with Crippen LogP contribution in [-0.4, -0.2) is 15.6 Å². The van der Waals surface area contributed by atoms with Gasteiger partial charge in [0.15, 0.2) is 0 Å². The zero-order chi connectivity index (χ0) is 9.68. The number of aromatic nitrogens is 2. The second kappa shape index (κ2) is 4.80. The van der Waals surface area contributed by atoms with E-state index in [1.807, 2.05) is 24.6 Å². The smallest absolute Gasteiger partial charge is 0.132 e. The van der Waals surface area contributed by atoms with Gasteiger partial charge >= 0.3 is 0 Å². The Morgan fingerprint density at radius 2 is 2.38 bits per heavy atom. The number of hydrogen-bond acceptors (Lipinski definition) is 2. The molecule has 0 aliphatic carbocycles. The van der Waals surface area contributed by atoms with Crippen molar-refractivity contribution in [1.29, 1.82) is 0 Å². The van der Waals surface area contributed by atoms with Gasteiger partial charge in [-0.15, -0.1) is 0 Å². The zero-order valence-corrected chi connectivity index (χ0v) is 8.29.